The van der Waals surface area contributed by atoms with Crippen molar-refractivity contribution in [3.8, 4) is 16.9 Å². The Labute approximate surface area is 144 Å². The van der Waals surface area contributed by atoms with Gasteiger partial charge in [0.1, 0.15) is 9.09 Å². The van der Waals surface area contributed by atoms with Crippen molar-refractivity contribution in [3.63, 3.8) is 0 Å². The maximum absolute atomic E-state index is 12.4. The number of hydrogen-bond donors (Lipinski definition) is 0. The summed E-state index contributed by atoms with van der Waals surface area (Å²) in [4.78, 5) is 0. The summed E-state index contributed by atoms with van der Waals surface area (Å²) in [6.07, 6.45) is 3.33. The molecular formula is C16H10IN3OS. The minimum Gasteiger partial charge on any atom is -0.618 e. The smallest absolute Gasteiger partial charge is 0.240 e. The van der Waals surface area contributed by atoms with Gasteiger partial charge in [-0.25, -0.2) is 4.68 Å². The SMILES string of the molecule is [O-][n+]1cc2cnn(-c3ccccc3)c2c(I)c1-c1ccsc1. The summed E-state index contributed by atoms with van der Waals surface area (Å²) in [5, 5.41) is 21.6. The van der Waals surface area contributed by atoms with Crippen molar-refractivity contribution in [3.05, 3.63) is 68.3 Å². The third-order valence-electron chi connectivity index (χ3n) is 3.49. The molecule has 3 aromatic heterocycles. The van der Waals surface area contributed by atoms with Crippen LogP contribution in [-0.4, -0.2) is 9.78 Å². The molecule has 0 saturated heterocycles. The van der Waals surface area contributed by atoms with Gasteiger partial charge in [-0.3, -0.25) is 0 Å². The van der Waals surface area contributed by atoms with Crippen LogP contribution in [0.15, 0.2) is 59.6 Å². The van der Waals surface area contributed by atoms with Crippen LogP contribution in [0.25, 0.3) is 27.8 Å². The van der Waals surface area contributed by atoms with Gasteiger partial charge in [-0.1, -0.05) is 18.2 Å². The molecule has 0 bridgehead atoms. The van der Waals surface area contributed by atoms with E-state index < -0.39 is 0 Å². The first-order valence-electron chi connectivity index (χ1n) is 6.63. The number of nitrogens with zero attached hydrogens (tertiary/aromatic N) is 3. The predicted octanol–water partition coefficient (Wildman–Crippen LogP) is 3.99. The fraction of sp³-hybridized carbons (Fsp3) is 0. The van der Waals surface area contributed by atoms with Gasteiger partial charge in [-0.15, -0.1) is 0 Å². The van der Waals surface area contributed by atoms with Gasteiger partial charge in [-0.2, -0.15) is 21.2 Å². The number of hydrogen-bond acceptors (Lipinski definition) is 3. The Morgan fingerprint density at radius 3 is 2.73 bits per heavy atom. The molecule has 108 valence electrons. The van der Waals surface area contributed by atoms with E-state index in [1.165, 1.54) is 0 Å². The van der Waals surface area contributed by atoms with Crippen LogP contribution >= 0.6 is 33.9 Å². The number of pyridine rings is 1. The minimum atomic E-state index is 0.673. The number of para-hydroxylation sites is 1. The van der Waals surface area contributed by atoms with Crippen molar-refractivity contribution in [2.45, 2.75) is 0 Å². The number of thiophene rings is 1. The summed E-state index contributed by atoms with van der Waals surface area (Å²) in [6, 6.07) is 11.9. The summed E-state index contributed by atoms with van der Waals surface area (Å²) in [5.41, 5.74) is 3.55. The number of benzene rings is 1. The molecule has 0 N–H and O–H groups in total. The van der Waals surface area contributed by atoms with Gasteiger partial charge in [0.15, 0.2) is 6.20 Å². The quantitative estimate of drug-likeness (QED) is 0.280. The van der Waals surface area contributed by atoms with Gasteiger partial charge in [-0.05, 0) is 46.2 Å². The summed E-state index contributed by atoms with van der Waals surface area (Å²) in [5.74, 6) is 0. The average molecular weight is 419 g/mol. The molecule has 0 unspecified atom stereocenters. The Bertz CT molecular complexity index is 949. The van der Waals surface area contributed by atoms with E-state index in [1.807, 2.05) is 51.8 Å². The second kappa shape index (κ2) is 5.36. The summed E-state index contributed by atoms with van der Waals surface area (Å²) < 4.78 is 3.72. The van der Waals surface area contributed by atoms with Gasteiger partial charge < -0.3 is 5.21 Å². The van der Waals surface area contributed by atoms with E-state index in [0.29, 0.717) is 5.69 Å². The second-order valence-electron chi connectivity index (χ2n) is 4.83. The zero-order valence-electron chi connectivity index (χ0n) is 11.3. The molecule has 0 aliphatic heterocycles. The van der Waals surface area contributed by atoms with Crippen molar-refractivity contribution in [2.24, 2.45) is 0 Å². The van der Waals surface area contributed by atoms with E-state index in [1.54, 1.807) is 23.7 Å². The molecule has 0 fully saturated rings. The topological polar surface area (TPSA) is 44.8 Å². The maximum Gasteiger partial charge on any atom is 0.240 e. The van der Waals surface area contributed by atoms with E-state index in [-0.39, 0.29) is 0 Å². The van der Waals surface area contributed by atoms with Crippen LogP contribution in [0.2, 0.25) is 0 Å². The highest BCUT2D eigenvalue weighted by Crippen LogP contribution is 2.30. The van der Waals surface area contributed by atoms with Gasteiger partial charge >= 0.3 is 0 Å². The van der Waals surface area contributed by atoms with Crippen molar-refractivity contribution in [1.82, 2.24) is 9.78 Å². The zero-order valence-corrected chi connectivity index (χ0v) is 14.3. The first kappa shape index (κ1) is 13.7. The van der Waals surface area contributed by atoms with E-state index in [0.717, 1.165) is 30.5 Å². The van der Waals surface area contributed by atoms with Crippen LogP contribution in [0, 0.1) is 8.78 Å². The predicted molar refractivity (Wildman–Crippen MR) is 96.1 cm³/mol. The molecule has 0 amide bonds. The molecule has 0 radical (unpaired) electrons. The lowest BCUT2D eigenvalue weighted by Gasteiger charge is -2.09. The zero-order chi connectivity index (χ0) is 15.1. The van der Waals surface area contributed by atoms with E-state index in [9.17, 15) is 5.21 Å². The van der Waals surface area contributed by atoms with Gasteiger partial charge in [0, 0.05) is 5.38 Å². The lowest BCUT2D eigenvalue weighted by molar-refractivity contribution is -0.592. The van der Waals surface area contributed by atoms with Crippen LogP contribution in [0.3, 0.4) is 0 Å². The molecule has 22 heavy (non-hydrogen) atoms. The third-order valence-corrected chi connectivity index (χ3v) is 5.19. The Kier molecular flexibility index (Phi) is 3.34. The number of halogens is 1. The Morgan fingerprint density at radius 1 is 1.18 bits per heavy atom. The summed E-state index contributed by atoms with van der Waals surface area (Å²) in [7, 11) is 0. The Hall–Kier alpha value is -1.93. The summed E-state index contributed by atoms with van der Waals surface area (Å²) >= 11 is 3.82. The molecule has 0 spiro atoms. The molecule has 0 atom stereocenters. The highest BCUT2D eigenvalue weighted by Gasteiger charge is 2.21. The molecule has 0 aliphatic rings. The van der Waals surface area contributed by atoms with Crippen LogP contribution < -0.4 is 4.73 Å². The molecule has 0 aliphatic carbocycles. The molecule has 4 rings (SSSR count). The lowest BCUT2D eigenvalue weighted by atomic mass is 10.2. The standard InChI is InChI=1S/C16H10IN3OS/c17-14-15(11-6-7-22-10-11)19(21)9-12-8-18-20(16(12)14)13-4-2-1-3-5-13/h1-10H. The van der Waals surface area contributed by atoms with Crippen LogP contribution in [0.1, 0.15) is 0 Å². The van der Waals surface area contributed by atoms with Gasteiger partial charge in [0.2, 0.25) is 5.69 Å². The van der Waals surface area contributed by atoms with E-state index >= 15 is 0 Å². The fourth-order valence-corrected chi connectivity index (χ4v) is 4.22. The third kappa shape index (κ3) is 2.10. The average Bonchev–Trinajstić information content (AvgIpc) is 3.17. The largest absolute Gasteiger partial charge is 0.618 e. The highest BCUT2D eigenvalue weighted by atomic mass is 127. The summed E-state index contributed by atoms with van der Waals surface area (Å²) in [6.45, 7) is 0. The maximum atomic E-state index is 12.4. The molecular weight excluding hydrogens is 409 g/mol. The van der Waals surface area contributed by atoms with Crippen LogP contribution in [0.4, 0.5) is 0 Å². The van der Waals surface area contributed by atoms with Gasteiger partial charge in [0.05, 0.1) is 22.8 Å². The first-order valence-corrected chi connectivity index (χ1v) is 8.65. The molecule has 4 nitrogen and oxygen atoms in total. The Morgan fingerprint density at radius 2 is 2.00 bits per heavy atom. The van der Waals surface area contributed by atoms with Crippen LogP contribution in [0.5, 0.6) is 0 Å². The van der Waals surface area contributed by atoms with E-state index in [2.05, 4.69) is 27.7 Å². The fourth-order valence-electron chi connectivity index (χ4n) is 2.49. The number of fused-ring (bicyclic) bond motifs is 1. The normalized spacial score (nSPS) is 11.1. The second-order valence-corrected chi connectivity index (χ2v) is 6.68. The van der Waals surface area contributed by atoms with Crippen molar-refractivity contribution >= 4 is 44.8 Å². The van der Waals surface area contributed by atoms with Gasteiger partial charge in [0.25, 0.3) is 0 Å². The van der Waals surface area contributed by atoms with E-state index in [4.69, 9.17) is 0 Å². The lowest BCUT2D eigenvalue weighted by Crippen LogP contribution is -2.29. The van der Waals surface area contributed by atoms with Crippen LogP contribution in [-0.2, 0) is 0 Å². The first-order chi connectivity index (χ1) is 10.8. The number of aromatic nitrogens is 3. The Balaban J connectivity index is 2.05. The van der Waals surface area contributed by atoms with Crippen molar-refractivity contribution in [1.29, 1.82) is 0 Å². The molecule has 4 aromatic rings. The molecule has 3 heterocycles. The minimum absolute atomic E-state index is 0.673. The molecule has 6 heteroatoms. The van der Waals surface area contributed by atoms with Crippen molar-refractivity contribution < 1.29 is 4.73 Å². The van der Waals surface area contributed by atoms with Crippen molar-refractivity contribution in [2.75, 3.05) is 0 Å². The number of rotatable bonds is 2. The monoisotopic (exact) mass is 419 g/mol. The molecule has 1 aromatic carbocycles. The molecule has 0 saturated carbocycles. The highest BCUT2D eigenvalue weighted by molar-refractivity contribution is 14.1.